The van der Waals surface area contributed by atoms with Gasteiger partial charge in [-0.2, -0.15) is 0 Å². The molecule has 1 aromatic rings. The molecule has 0 bridgehead atoms. The number of hydrogen-bond acceptors (Lipinski definition) is 5. The van der Waals surface area contributed by atoms with E-state index in [-0.39, 0.29) is 5.69 Å². The molecule has 1 saturated heterocycles. The van der Waals surface area contributed by atoms with E-state index in [0.717, 1.165) is 18.8 Å². The Labute approximate surface area is 93.0 Å². The van der Waals surface area contributed by atoms with E-state index >= 15 is 0 Å². The van der Waals surface area contributed by atoms with Gasteiger partial charge in [-0.1, -0.05) is 0 Å². The molecule has 1 aliphatic heterocycles. The quantitative estimate of drug-likeness (QED) is 0.575. The summed E-state index contributed by atoms with van der Waals surface area (Å²) in [6, 6.07) is 5.06. The third kappa shape index (κ3) is 2.09. The fourth-order valence-corrected chi connectivity index (χ4v) is 1.74. The van der Waals surface area contributed by atoms with E-state index < -0.39 is 0 Å². The third-order valence-corrected chi connectivity index (χ3v) is 2.61. The predicted octanol–water partition coefficient (Wildman–Crippen LogP) is 1.73. The summed E-state index contributed by atoms with van der Waals surface area (Å²) in [5.74, 6) is 0. The van der Waals surface area contributed by atoms with Crippen molar-refractivity contribution in [3.05, 3.63) is 28.7 Å². The van der Waals surface area contributed by atoms with Gasteiger partial charge in [-0.05, 0) is 23.4 Å². The molecule has 1 heterocycles. The number of carbonyl (C=O) groups is 1. The standard InChI is InChI=1S/C11H12N2O3/c14-8-9-7-10(1-2-11(9)12-15)13-3-5-16-6-4-13/h1-2,7-8H,3-6H2. The van der Waals surface area contributed by atoms with Crippen molar-refractivity contribution in [2.75, 3.05) is 31.2 Å². The molecule has 2 rings (SSSR count). The van der Waals surface area contributed by atoms with Crippen LogP contribution in [0.3, 0.4) is 0 Å². The fourth-order valence-electron chi connectivity index (χ4n) is 1.74. The van der Waals surface area contributed by atoms with E-state index in [9.17, 15) is 9.70 Å². The van der Waals surface area contributed by atoms with E-state index in [0.29, 0.717) is 25.1 Å². The summed E-state index contributed by atoms with van der Waals surface area (Å²) < 4.78 is 5.24. The molecule has 1 fully saturated rings. The lowest BCUT2D eigenvalue weighted by Crippen LogP contribution is -2.36. The number of nitrogens with zero attached hydrogens (tertiary/aromatic N) is 2. The zero-order chi connectivity index (χ0) is 11.4. The van der Waals surface area contributed by atoms with Gasteiger partial charge in [0, 0.05) is 24.3 Å². The van der Waals surface area contributed by atoms with Crippen LogP contribution >= 0.6 is 0 Å². The Balaban J connectivity index is 2.27. The Morgan fingerprint density at radius 3 is 2.69 bits per heavy atom. The minimum atomic E-state index is 0.187. The Morgan fingerprint density at radius 2 is 2.06 bits per heavy atom. The number of hydrogen-bond donors (Lipinski definition) is 0. The molecule has 0 aliphatic carbocycles. The summed E-state index contributed by atoms with van der Waals surface area (Å²) >= 11 is 0. The van der Waals surface area contributed by atoms with Crippen LogP contribution in [0.5, 0.6) is 0 Å². The average molecular weight is 220 g/mol. The molecule has 16 heavy (non-hydrogen) atoms. The molecule has 1 aromatic carbocycles. The van der Waals surface area contributed by atoms with Crippen LogP contribution in [0.1, 0.15) is 10.4 Å². The molecule has 0 N–H and O–H groups in total. The van der Waals surface area contributed by atoms with E-state index in [1.54, 1.807) is 18.2 Å². The van der Waals surface area contributed by atoms with Crippen LogP contribution in [0, 0.1) is 4.91 Å². The maximum Gasteiger partial charge on any atom is 0.152 e. The van der Waals surface area contributed by atoms with Crippen molar-refractivity contribution in [2.45, 2.75) is 0 Å². The van der Waals surface area contributed by atoms with Crippen LogP contribution in [-0.4, -0.2) is 32.6 Å². The molecule has 0 spiro atoms. The van der Waals surface area contributed by atoms with Crippen molar-refractivity contribution in [1.29, 1.82) is 0 Å². The molecule has 0 unspecified atom stereocenters. The lowest BCUT2D eigenvalue weighted by molar-refractivity contribution is 0.112. The Morgan fingerprint density at radius 1 is 1.31 bits per heavy atom. The maximum atomic E-state index is 10.8. The van der Waals surface area contributed by atoms with Crippen LogP contribution in [0.15, 0.2) is 23.4 Å². The van der Waals surface area contributed by atoms with Gasteiger partial charge in [-0.15, -0.1) is 4.91 Å². The second-order valence-corrected chi connectivity index (χ2v) is 3.55. The van der Waals surface area contributed by atoms with Crippen molar-refractivity contribution in [3.63, 3.8) is 0 Å². The van der Waals surface area contributed by atoms with Gasteiger partial charge >= 0.3 is 0 Å². The lowest BCUT2D eigenvalue weighted by atomic mass is 10.1. The first-order chi connectivity index (χ1) is 7.85. The van der Waals surface area contributed by atoms with Gasteiger partial charge in [0.2, 0.25) is 0 Å². The molecular weight excluding hydrogens is 208 g/mol. The van der Waals surface area contributed by atoms with Crippen LogP contribution in [0.25, 0.3) is 0 Å². The molecule has 0 aromatic heterocycles. The first kappa shape index (κ1) is 10.8. The van der Waals surface area contributed by atoms with Crippen LogP contribution in [0.2, 0.25) is 0 Å². The van der Waals surface area contributed by atoms with E-state index in [1.165, 1.54) is 0 Å². The first-order valence-electron chi connectivity index (χ1n) is 5.10. The zero-order valence-corrected chi connectivity index (χ0v) is 8.76. The largest absolute Gasteiger partial charge is 0.378 e. The van der Waals surface area contributed by atoms with Crippen LogP contribution < -0.4 is 4.90 Å². The molecule has 1 aliphatic rings. The summed E-state index contributed by atoms with van der Waals surface area (Å²) in [6.45, 7) is 2.96. The summed E-state index contributed by atoms with van der Waals surface area (Å²) in [7, 11) is 0. The number of aldehydes is 1. The van der Waals surface area contributed by atoms with Crippen molar-refractivity contribution < 1.29 is 9.53 Å². The molecule has 0 atom stereocenters. The zero-order valence-electron chi connectivity index (χ0n) is 8.76. The van der Waals surface area contributed by atoms with Gasteiger partial charge in [0.1, 0.15) is 5.69 Å². The third-order valence-electron chi connectivity index (χ3n) is 2.61. The summed E-state index contributed by atoms with van der Waals surface area (Å²) in [6.07, 6.45) is 0.653. The summed E-state index contributed by atoms with van der Waals surface area (Å²) in [5.41, 5.74) is 1.45. The van der Waals surface area contributed by atoms with E-state index in [1.807, 2.05) is 0 Å². The highest BCUT2D eigenvalue weighted by atomic mass is 16.5. The van der Waals surface area contributed by atoms with Gasteiger partial charge < -0.3 is 9.64 Å². The molecular formula is C11H12N2O3. The Hall–Kier alpha value is -1.75. The highest BCUT2D eigenvalue weighted by molar-refractivity contribution is 5.85. The SMILES string of the molecule is O=Cc1cc(N2CCOCC2)ccc1N=O. The average Bonchev–Trinajstić information content (AvgIpc) is 2.39. The summed E-state index contributed by atoms with van der Waals surface area (Å²) in [5, 5.41) is 2.80. The minimum absolute atomic E-state index is 0.187. The smallest absolute Gasteiger partial charge is 0.152 e. The number of anilines is 1. The van der Waals surface area contributed by atoms with Crippen molar-refractivity contribution in [2.24, 2.45) is 5.18 Å². The number of ether oxygens (including phenoxy) is 1. The topological polar surface area (TPSA) is 59.0 Å². The van der Waals surface area contributed by atoms with Crippen LogP contribution in [-0.2, 0) is 4.74 Å². The van der Waals surface area contributed by atoms with Crippen molar-refractivity contribution in [3.8, 4) is 0 Å². The lowest BCUT2D eigenvalue weighted by Gasteiger charge is -2.29. The fraction of sp³-hybridized carbons (Fsp3) is 0.364. The monoisotopic (exact) mass is 220 g/mol. The molecule has 84 valence electrons. The van der Waals surface area contributed by atoms with E-state index in [2.05, 4.69) is 10.1 Å². The molecule has 0 amide bonds. The highest BCUT2D eigenvalue weighted by Crippen LogP contribution is 2.24. The second kappa shape index (κ2) is 4.85. The van der Waals surface area contributed by atoms with Gasteiger partial charge in [-0.25, -0.2) is 0 Å². The molecule has 5 heteroatoms. The Kier molecular flexibility index (Phi) is 3.26. The summed E-state index contributed by atoms with van der Waals surface area (Å²) in [4.78, 5) is 23.3. The van der Waals surface area contributed by atoms with Crippen LogP contribution in [0.4, 0.5) is 11.4 Å². The maximum absolute atomic E-state index is 10.8. The minimum Gasteiger partial charge on any atom is -0.378 e. The normalized spacial score (nSPS) is 15.9. The van der Waals surface area contributed by atoms with E-state index in [4.69, 9.17) is 4.74 Å². The van der Waals surface area contributed by atoms with Gasteiger partial charge in [0.05, 0.1) is 13.2 Å². The number of benzene rings is 1. The van der Waals surface area contributed by atoms with Gasteiger partial charge in [0.15, 0.2) is 6.29 Å². The molecule has 0 saturated carbocycles. The Bertz CT molecular complexity index is 400. The second-order valence-electron chi connectivity index (χ2n) is 3.55. The number of nitroso groups, excluding NO2 is 1. The molecule has 5 nitrogen and oxygen atoms in total. The van der Waals surface area contributed by atoms with Crippen molar-refractivity contribution >= 4 is 17.7 Å². The number of rotatable bonds is 3. The predicted molar refractivity (Wildman–Crippen MR) is 60.3 cm³/mol. The van der Waals surface area contributed by atoms with Gasteiger partial charge in [-0.3, -0.25) is 4.79 Å². The van der Waals surface area contributed by atoms with Crippen molar-refractivity contribution in [1.82, 2.24) is 0 Å². The van der Waals surface area contributed by atoms with Gasteiger partial charge in [0.25, 0.3) is 0 Å². The highest BCUT2D eigenvalue weighted by Gasteiger charge is 2.13. The number of morpholine rings is 1. The molecule has 0 radical (unpaired) electrons. The first-order valence-corrected chi connectivity index (χ1v) is 5.10. The number of carbonyl (C=O) groups excluding carboxylic acids is 1.